The maximum atomic E-state index is 15.1. The van der Waals surface area contributed by atoms with Crippen LogP contribution < -0.4 is 14.4 Å². The monoisotopic (exact) mass is 723 g/mol. The standard InChI is InChI=1S/C36H39BrFN3O5S/c1-5-26(3)39-36(43)33(21-27-11-7-6-8-12-27)40(23-28-13-9-10-14-32(28)38)35(42)24-41(29-17-15-25(2)16-18-29)47(44,45)30-19-20-34(46-4)31(37)22-30/h6-20,22,26,33H,5,21,23-24H2,1-4H3,(H,39,43)/t26-,33-/m0/s1. The Labute approximate surface area is 284 Å². The van der Waals surface area contributed by atoms with Crippen molar-refractivity contribution in [1.82, 2.24) is 10.2 Å². The second kappa shape index (κ2) is 16.1. The fourth-order valence-corrected chi connectivity index (χ4v) is 7.11. The predicted octanol–water partition coefficient (Wildman–Crippen LogP) is 6.66. The van der Waals surface area contributed by atoms with Gasteiger partial charge in [-0.2, -0.15) is 0 Å². The number of benzene rings is 4. The summed E-state index contributed by atoms with van der Waals surface area (Å²) in [5, 5.41) is 2.97. The van der Waals surface area contributed by atoms with E-state index < -0.39 is 40.2 Å². The van der Waals surface area contributed by atoms with E-state index >= 15 is 4.39 Å². The SMILES string of the molecule is CC[C@H](C)NC(=O)[C@H](Cc1ccccc1)N(Cc1ccccc1F)C(=O)CN(c1ccc(C)cc1)S(=O)(=O)c1ccc(OC)c(Br)c1. The molecule has 0 unspecified atom stereocenters. The number of sulfonamides is 1. The van der Waals surface area contributed by atoms with Crippen molar-refractivity contribution in [1.29, 1.82) is 0 Å². The first-order valence-corrected chi connectivity index (χ1v) is 17.5. The number of amides is 2. The fraction of sp³-hybridized carbons (Fsp3) is 0.278. The van der Waals surface area contributed by atoms with Gasteiger partial charge in [0.1, 0.15) is 24.2 Å². The molecule has 0 aromatic heterocycles. The van der Waals surface area contributed by atoms with Crippen molar-refractivity contribution in [2.24, 2.45) is 0 Å². The van der Waals surface area contributed by atoms with Gasteiger partial charge in [0.25, 0.3) is 10.0 Å². The van der Waals surface area contributed by atoms with Crippen molar-refractivity contribution in [3.63, 3.8) is 0 Å². The Balaban J connectivity index is 1.83. The second-order valence-electron chi connectivity index (χ2n) is 11.3. The van der Waals surface area contributed by atoms with Crippen molar-refractivity contribution in [2.45, 2.75) is 57.1 Å². The number of halogens is 2. The number of methoxy groups -OCH3 is 1. The van der Waals surface area contributed by atoms with E-state index in [-0.39, 0.29) is 35.2 Å². The Hall–Kier alpha value is -4.22. The molecule has 2 amide bonds. The van der Waals surface area contributed by atoms with Crippen LogP contribution in [0.2, 0.25) is 0 Å². The smallest absolute Gasteiger partial charge is 0.264 e. The Bertz CT molecular complexity index is 1790. The van der Waals surface area contributed by atoms with E-state index in [1.54, 1.807) is 42.5 Å². The van der Waals surface area contributed by atoms with Crippen LogP contribution >= 0.6 is 15.9 Å². The second-order valence-corrected chi connectivity index (χ2v) is 14.0. The molecule has 8 nitrogen and oxygen atoms in total. The first kappa shape index (κ1) is 35.6. The van der Waals surface area contributed by atoms with E-state index in [4.69, 9.17) is 4.74 Å². The van der Waals surface area contributed by atoms with E-state index in [9.17, 15) is 18.0 Å². The normalized spacial score (nSPS) is 12.6. The van der Waals surface area contributed by atoms with E-state index in [1.807, 2.05) is 51.1 Å². The van der Waals surface area contributed by atoms with Gasteiger partial charge < -0.3 is 15.0 Å². The molecular formula is C36H39BrFN3O5S. The topological polar surface area (TPSA) is 96.0 Å². The third-order valence-electron chi connectivity index (χ3n) is 7.88. The minimum atomic E-state index is -4.33. The molecule has 11 heteroatoms. The highest BCUT2D eigenvalue weighted by Gasteiger charge is 2.35. The Morgan fingerprint density at radius 1 is 0.957 bits per heavy atom. The summed E-state index contributed by atoms with van der Waals surface area (Å²) in [6.07, 6.45) is 0.786. The van der Waals surface area contributed by atoms with Crippen molar-refractivity contribution in [3.8, 4) is 5.75 Å². The molecule has 248 valence electrons. The predicted molar refractivity (Wildman–Crippen MR) is 185 cm³/mol. The third kappa shape index (κ3) is 8.99. The van der Waals surface area contributed by atoms with E-state index in [1.165, 1.54) is 36.3 Å². The molecule has 0 saturated heterocycles. The van der Waals surface area contributed by atoms with Crippen LogP contribution in [0.15, 0.2) is 106 Å². The zero-order valence-electron chi connectivity index (χ0n) is 26.8. The van der Waals surface area contributed by atoms with Crippen LogP contribution in [0.3, 0.4) is 0 Å². The van der Waals surface area contributed by atoms with Gasteiger partial charge in [0.15, 0.2) is 0 Å². The molecule has 2 atom stereocenters. The summed E-state index contributed by atoms with van der Waals surface area (Å²) in [5.41, 5.74) is 2.13. The van der Waals surface area contributed by atoms with Gasteiger partial charge in [-0.15, -0.1) is 0 Å². The largest absolute Gasteiger partial charge is 0.496 e. The van der Waals surface area contributed by atoms with E-state index in [2.05, 4.69) is 21.2 Å². The minimum Gasteiger partial charge on any atom is -0.496 e. The quantitative estimate of drug-likeness (QED) is 0.157. The van der Waals surface area contributed by atoms with Crippen molar-refractivity contribution >= 4 is 43.5 Å². The van der Waals surface area contributed by atoms with Crippen molar-refractivity contribution in [2.75, 3.05) is 18.0 Å². The van der Waals surface area contributed by atoms with Crippen LogP contribution in [-0.2, 0) is 32.6 Å². The number of carbonyl (C=O) groups is 2. The van der Waals surface area contributed by atoms with Gasteiger partial charge in [0.2, 0.25) is 11.8 Å². The number of nitrogens with zero attached hydrogens (tertiary/aromatic N) is 2. The lowest BCUT2D eigenvalue weighted by Crippen LogP contribution is -2.54. The minimum absolute atomic E-state index is 0.0745. The third-order valence-corrected chi connectivity index (χ3v) is 10.3. The van der Waals surface area contributed by atoms with Crippen LogP contribution in [-0.4, -0.2) is 50.9 Å². The van der Waals surface area contributed by atoms with Crippen LogP contribution in [0.25, 0.3) is 0 Å². The molecule has 0 bridgehead atoms. The van der Waals surface area contributed by atoms with Gasteiger partial charge in [0.05, 0.1) is 22.2 Å². The van der Waals surface area contributed by atoms with E-state index in [0.29, 0.717) is 16.6 Å². The zero-order valence-corrected chi connectivity index (χ0v) is 29.2. The number of rotatable bonds is 14. The average Bonchev–Trinajstić information content (AvgIpc) is 3.06. The molecule has 0 aliphatic rings. The summed E-state index contributed by atoms with van der Waals surface area (Å²) in [6, 6.07) is 25.1. The van der Waals surface area contributed by atoms with Crippen molar-refractivity contribution in [3.05, 3.63) is 124 Å². The fourth-order valence-electron chi connectivity index (χ4n) is 4.98. The summed E-state index contributed by atoms with van der Waals surface area (Å²) in [6.45, 7) is 4.76. The van der Waals surface area contributed by atoms with Crippen molar-refractivity contribution < 1.29 is 27.1 Å². The highest BCUT2D eigenvalue weighted by atomic mass is 79.9. The van der Waals surface area contributed by atoms with Gasteiger partial charge >= 0.3 is 0 Å². The Morgan fingerprint density at radius 2 is 1.62 bits per heavy atom. The van der Waals surface area contributed by atoms with Gasteiger partial charge in [0, 0.05) is 24.6 Å². The molecule has 0 aliphatic heterocycles. The molecule has 4 rings (SSSR count). The zero-order chi connectivity index (χ0) is 34.1. The molecular weight excluding hydrogens is 685 g/mol. The highest BCUT2D eigenvalue weighted by Crippen LogP contribution is 2.31. The Morgan fingerprint density at radius 3 is 2.23 bits per heavy atom. The summed E-state index contributed by atoms with van der Waals surface area (Å²) in [5.74, 6) is -1.20. The van der Waals surface area contributed by atoms with Crippen LogP contribution in [0.5, 0.6) is 5.75 Å². The molecule has 0 saturated carbocycles. The number of hydrogen-bond donors (Lipinski definition) is 1. The van der Waals surface area contributed by atoms with E-state index in [0.717, 1.165) is 15.4 Å². The number of aryl methyl sites for hydroxylation is 1. The van der Waals surface area contributed by atoms with Gasteiger partial charge in [-0.1, -0.05) is 73.2 Å². The molecule has 1 N–H and O–H groups in total. The first-order valence-electron chi connectivity index (χ1n) is 15.2. The molecule has 47 heavy (non-hydrogen) atoms. The number of ether oxygens (including phenoxy) is 1. The van der Waals surface area contributed by atoms with Gasteiger partial charge in [-0.25, -0.2) is 12.8 Å². The summed E-state index contributed by atoms with van der Waals surface area (Å²) in [7, 11) is -2.85. The molecule has 0 aliphatic carbocycles. The number of nitrogens with one attached hydrogen (secondary N) is 1. The number of carbonyl (C=O) groups excluding carboxylic acids is 2. The van der Waals surface area contributed by atoms with Crippen LogP contribution in [0.4, 0.5) is 10.1 Å². The Kier molecular flexibility index (Phi) is 12.2. The summed E-state index contributed by atoms with van der Waals surface area (Å²) < 4.78 is 50.4. The average molecular weight is 725 g/mol. The lowest BCUT2D eigenvalue weighted by atomic mass is 10.0. The lowest BCUT2D eigenvalue weighted by Gasteiger charge is -2.34. The maximum Gasteiger partial charge on any atom is 0.264 e. The molecule has 4 aromatic carbocycles. The summed E-state index contributed by atoms with van der Waals surface area (Å²) >= 11 is 3.36. The molecule has 4 aromatic rings. The first-order chi connectivity index (χ1) is 22.4. The number of hydrogen-bond acceptors (Lipinski definition) is 5. The van der Waals surface area contributed by atoms with Gasteiger partial charge in [-0.05, 0) is 78.2 Å². The molecule has 0 radical (unpaired) electrons. The molecule has 0 fully saturated rings. The summed E-state index contributed by atoms with van der Waals surface area (Å²) in [4.78, 5) is 29.6. The molecule has 0 heterocycles. The number of anilines is 1. The lowest BCUT2D eigenvalue weighted by molar-refractivity contribution is -0.140. The maximum absolute atomic E-state index is 15.1. The van der Waals surface area contributed by atoms with Crippen LogP contribution in [0, 0.1) is 12.7 Å². The van der Waals surface area contributed by atoms with Crippen LogP contribution in [0.1, 0.15) is 37.0 Å². The van der Waals surface area contributed by atoms with Gasteiger partial charge in [-0.3, -0.25) is 13.9 Å². The highest BCUT2D eigenvalue weighted by molar-refractivity contribution is 9.10. The molecule has 0 spiro atoms.